The summed E-state index contributed by atoms with van der Waals surface area (Å²) in [5.41, 5.74) is 3.09. The van der Waals surface area contributed by atoms with Gasteiger partial charge in [0.15, 0.2) is 0 Å². The Morgan fingerprint density at radius 3 is 1.96 bits per heavy atom. The van der Waals surface area contributed by atoms with E-state index >= 15 is 0 Å². The fourth-order valence-corrected chi connectivity index (χ4v) is 2.54. The Bertz CT molecular complexity index is 886. The number of nitrogens with zero attached hydrogens (tertiary/aromatic N) is 2. The second-order valence-corrected chi connectivity index (χ2v) is 5.81. The second kappa shape index (κ2) is 8.11. The Labute approximate surface area is 151 Å². The molecule has 0 bridgehead atoms. The summed E-state index contributed by atoms with van der Waals surface area (Å²) in [5, 5.41) is 9.81. The Balaban J connectivity index is 1.48. The van der Waals surface area contributed by atoms with Gasteiger partial charge in [-0.15, -0.1) is 0 Å². The third-order valence-electron chi connectivity index (χ3n) is 3.94. The van der Waals surface area contributed by atoms with Crippen LogP contribution < -0.4 is 10.6 Å². The van der Waals surface area contributed by atoms with Crippen LogP contribution >= 0.6 is 0 Å². The van der Waals surface area contributed by atoms with Gasteiger partial charge in [0, 0.05) is 36.1 Å². The summed E-state index contributed by atoms with van der Waals surface area (Å²) >= 11 is 0. The van der Waals surface area contributed by atoms with E-state index in [1.807, 2.05) is 43.3 Å². The number of carbonyl (C=O) groups excluding carboxylic acids is 2. The smallest absolute Gasteiger partial charge is 0.251 e. The first-order valence-electron chi connectivity index (χ1n) is 8.37. The molecule has 0 aliphatic heterocycles. The van der Waals surface area contributed by atoms with E-state index in [0.29, 0.717) is 24.2 Å². The number of hydrogen-bond donors (Lipinski definition) is 2. The molecular weight excluding hydrogens is 328 g/mol. The molecule has 0 fully saturated rings. The number of rotatable bonds is 6. The average Bonchev–Trinajstić information content (AvgIpc) is 3.11. The van der Waals surface area contributed by atoms with Gasteiger partial charge in [0.25, 0.3) is 11.8 Å². The van der Waals surface area contributed by atoms with Gasteiger partial charge in [-0.1, -0.05) is 18.2 Å². The summed E-state index contributed by atoms with van der Waals surface area (Å²) < 4.78 is 1.81. The van der Waals surface area contributed by atoms with Gasteiger partial charge in [0.2, 0.25) is 0 Å². The predicted molar refractivity (Wildman–Crippen MR) is 99.4 cm³/mol. The largest absolute Gasteiger partial charge is 0.350 e. The first kappa shape index (κ1) is 17.4. The van der Waals surface area contributed by atoms with Crippen LogP contribution in [0.2, 0.25) is 0 Å². The zero-order valence-electron chi connectivity index (χ0n) is 14.5. The third-order valence-corrected chi connectivity index (χ3v) is 3.94. The van der Waals surface area contributed by atoms with Gasteiger partial charge >= 0.3 is 0 Å². The number of nitrogens with one attached hydrogen (secondary N) is 2. The predicted octanol–water partition coefficient (Wildman–Crippen LogP) is 2.34. The monoisotopic (exact) mass is 348 g/mol. The molecule has 0 radical (unpaired) electrons. The van der Waals surface area contributed by atoms with Crippen LogP contribution in [0.3, 0.4) is 0 Å². The fourth-order valence-electron chi connectivity index (χ4n) is 2.54. The molecule has 0 aliphatic rings. The van der Waals surface area contributed by atoms with Gasteiger partial charge in [0.1, 0.15) is 0 Å². The van der Waals surface area contributed by atoms with Crippen LogP contribution in [0.1, 0.15) is 26.4 Å². The van der Waals surface area contributed by atoms with Crippen LogP contribution in [0.4, 0.5) is 0 Å². The maximum atomic E-state index is 12.2. The highest BCUT2D eigenvalue weighted by Crippen LogP contribution is 2.11. The molecule has 1 aromatic heterocycles. The minimum Gasteiger partial charge on any atom is -0.350 e. The Morgan fingerprint density at radius 2 is 1.42 bits per heavy atom. The molecule has 0 spiro atoms. The molecule has 0 aliphatic carbocycles. The van der Waals surface area contributed by atoms with Crippen molar-refractivity contribution < 1.29 is 9.59 Å². The summed E-state index contributed by atoms with van der Waals surface area (Å²) in [5.74, 6) is -0.332. The number of carbonyl (C=O) groups is 2. The van der Waals surface area contributed by atoms with Crippen LogP contribution in [0, 0.1) is 6.92 Å². The molecule has 0 saturated heterocycles. The Hall–Kier alpha value is -3.41. The zero-order valence-corrected chi connectivity index (χ0v) is 14.5. The molecule has 0 atom stereocenters. The van der Waals surface area contributed by atoms with Crippen molar-refractivity contribution in [1.29, 1.82) is 0 Å². The van der Waals surface area contributed by atoms with Crippen molar-refractivity contribution in [3.63, 3.8) is 0 Å². The highest BCUT2D eigenvalue weighted by atomic mass is 16.2. The van der Waals surface area contributed by atoms with Gasteiger partial charge in [-0.05, 0) is 49.4 Å². The molecule has 6 heteroatoms. The molecule has 0 unspecified atom stereocenters. The highest BCUT2D eigenvalue weighted by molar-refractivity contribution is 5.95. The second-order valence-electron chi connectivity index (χ2n) is 5.81. The highest BCUT2D eigenvalue weighted by Gasteiger charge is 2.07. The van der Waals surface area contributed by atoms with Crippen molar-refractivity contribution in [3.05, 3.63) is 83.7 Å². The van der Waals surface area contributed by atoms with E-state index < -0.39 is 0 Å². The van der Waals surface area contributed by atoms with E-state index in [1.165, 1.54) is 0 Å². The van der Waals surface area contributed by atoms with E-state index in [-0.39, 0.29) is 11.8 Å². The van der Waals surface area contributed by atoms with E-state index in [9.17, 15) is 9.59 Å². The molecular formula is C20H20N4O2. The standard InChI is InChI=1S/C20H20N4O2/c1-15-11-12-23-24(15)18-9-7-17(8-10-18)20(26)22-14-13-21-19(25)16-5-3-2-4-6-16/h2-12H,13-14H2,1H3,(H,21,25)(H,22,26). The molecule has 6 nitrogen and oxygen atoms in total. The number of aryl methyl sites for hydroxylation is 1. The van der Waals surface area contributed by atoms with E-state index in [4.69, 9.17) is 0 Å². The van der Waals surface area contributed by atoms with Crippen LogP contribution in [0.5, 0.6) is 0 Å². The van der Waals surface area contributed by atoms with Crippen LogP contribution in [-0.4, -0.2) is 34.7 Å². The van der Waals surface area contributed by atoms with Gasteiger partial charge < -0.3 is 10.6 Å². The molecule has 132 valence electrons. The average molecular weight is 348 g/mol. The quantitative estimate of drug-likeness (QED) is 0.672. The van der Waals surface area contributed by atoms with Crippen LogP contribution in [0.15, 0.2) is 66.9 Å². The van der Waals surface area contributed by atoms with E-state index in [0.717, 1.165) is 11.4 Å². The van der Waals surface area contributed by atoms with Crippen molar-refractivity contribution in [2.75, 3.05) is 13.1 Å². The Morgan fingerprint density at radius 1 is 0.846 bits per heavy atom. The lowest BCUT2D eigenvalue weighted by Crippen LogP contribution is -2.34. The van der Waals surface area contributed by atoms with E-state index in [1.54, 1.807) is 35.1 Å². The summed E-state index contributed by atoms with van der Waals surface area (Å²) in [6, 6.07) is 18.1. The summed E-state index contributed by atoms with van der Waals surface area (Å²) in [7, 11) is 0. The number of amides is 2. The zero-order chi connectivity index (χ0) is 18.4. The van der Waals surface area contributed by atoms with Gasteiger partial charge in [-0.2, -0.15) is 5.10 Å². The first-order chi connectivity index (χ1) is 12.6. The number of benzene rings is 2. The van der Waals surface area contributed by atoms with Gasteiger partial charge in [-0.3, -0.25) is 9.59 Å². The molecule has 0 saturated carbocycles. The molecule has 1 heterocycles. The molecule has 2 aromatic carbocycles. The van der Waals surface area contributed by atoms with Crippen molar-refractivity contribution in [2.24, 2.45) is 0 Å². The van der Waals surface area contributed by atoms with Crippen molar-refractivity contribution >= 4 is 11.8 Å². The van der Waals surface area contributed by atoms with Gasteiger partial charge in [0.05, 0.1) is 5.69 Å². The van der Waals surface area contributed by atoms with E-state index in [2.05, 4.69) is 15.7 Å². The molecule has 2 amide bonds. The lowest BCUT2D eigenvalue weighted by atomic mass is 10.2. The summed E-state index contributed by atoms with van der Waals surface area (Å²) in [6.07, 6.45) is 1.74. The third kappa shape index (κ3) is 4.16. The SMILES string of the molecule is Cc1ccnn1-c1ccc(C(=O)NCCNC(=O)c2ccccc2)cc1. The minimum absolute atomic E-state index is 0.154. The lowest BCUT2D eigenvalue weighted by Gasteiger charge is -2.08. The lowest BCUT2D eigenvalue weighted by molar-refractivity contribution is 0.0927. The number of hydrogen-bond acceptors (Lipinski definition) is 3. The summed E-state index contributed by atoms with van der Waals surface area (Å²) in [6.45, 7) is 2.69. The molecule has 2 N–H and O–H groups in total. The summed E-state index contributed by atoms with van der Waals surface area (Å²) in [4.78, 5) is 24.1. The topological polar surface area (TPSA) is 76.0 Å². The van der Waals surface area contributed by atoms with Crippen molar-refractivity contribution in [3.8, 4) is 5.69 Å². The maximum Gasteiger partial charge on any atom is 0.251 e. The first-order valence-corrected chi connectivity index (χ1v) is 8.37. The minimum atomic E-state index is -0.178. The maximum absolute atomic E-state index is 12.2. The van der Waals surface area contributed by atoms with Crippen molar-refractivity contribution in [1.82, 2.24) is 20.4 Å². The van der Waals surface area contributed by atoms with Gasteiger partial charge in [-0.25, -0.2) is 4.68 Å². The Kier molecular flexibility index (Phi) is 5.43. The number of aromatic nitrogens is 2. The van der Waals surface area contributed by atoms with Crippen LogP contribution in [-0.2, 0) is 0 Å². The van der Waals surface area contributed by atoms with Crippen LogP contribution in [0.25, 0.3) is 5.69 Å². The molecule has 3 rings (SSSR count). The van der Waals surface area contributed by atoms with Crippen molar-refractivity contribution in [2.45, 2.75) is 6.92 Å². The molecule has 26 heavy (non-hydrogen) atoms. The molecule has 3 aromatic rings. The normalized spacial score (nSPS) is 10.3. The fraction of sp³-hybridized carbons (Fsp3) is 0.150.